The molecule has 2 aromatic carbocycles. The summed E-state index contributed by atoms with van der Waals surface area (Å²) in [5.41, 5.74) is 2.16. The average molecular weight is 446 g/mol. The van der Waals surface area contributed by atoms with Crippen molar-refractivity contribution in [1.29, 1.82) is 0 Å². The van der Waals surface area contributed by atoms with Crippen LogP contribution in [0, 0.1) is 0 Å². The van der Waals surface area contributed by atoms with E-state index in [2.05, 4.69) is 10.3 Å². The van der Waals surface area contributed by atoms with Crippen LogP contribution in [0.5, 0.6) is 5.75 Å². The SMILES string of the molecule is COc1ccc(Cl)cc1C(=O)NCCc1ccc(-c2cccnc2)c(S(N)(=O)=O)c1. The number of halogens is 1. The highest BCUT2D eigenvalue weighted by molar-refractivity contribution is 7.89. The number of benzene rings is 2. The molecule has 0 aliphatic rings. The quantitative estimate of drug-likeness (QED) is 0.580. The van der Waals surface area contributed by atoms with E-state index in [4.69, 9.17) is 21.5 Å². The average Bonchev–Trinajstić information content (AvgIpc) is 2.73. The minimum absolute atomic E-state index is 0.0100. The fraction of sp³-hybridized carbons (Fsp3) is 0.143. The maximum atomic E-state index is 12.5. The molecular formula is C21H20ClN3O4S. The molecule has 3 N–H and O–H groups in total. The van der Waals surface area contributed by atoms with Crippen molar-refractivity contribution in [3.05, 3.63) is 77.1 Å². The number of hydrogen-bond acceptors (Lipinski definition) is 5. The molecule has 7 nitrogen and oxygen atoms in total. The Morgan fingerprint density at radius 3 is 2.67 bits per heavy atom. The summed E-state index contributed by atoms with van der Waals surface area (Å²) < 4.78 is 29.4. The number of pyridine rings is 1. The first-order valence-corrected chi connectivity index (χ1v) is 10.9. The van der Waals surface area contributed by atoms with Gasteiger partial charge in [-0.3, -0.25) is 9.78 Å². The first-order chi connectivity index (χ1) is 14.3. The van der Waals surface area contributed by atoms with Gasteiger partial charge >= 0.3 is 0 Å². The number of methoxy groups -OCH3 is 1. The van der Waals surface area contributed by atoms with Crippen LogP contribution in [-0.4, -0.2) is 33.0 Å². The Labute approximate surface area is 179 Å². The van der Waals surface area contributed by atoms with E-state index in [0.29, 0.717) is 39.4 Å². The van der Waals surface area contributed by atoms with Crippen LogP contribution < -0.4 is 15.2 Å². The lowest BCUT2D eigenvalue weighted by atomic mass is 10.0. The molecule has 0 radical (unpaired) electrons. The Balaban J connectivity index is 1.77. The summed E-state index contributed by atoms with van der Waals surface area (Å²) in [5.74, 6) is 0.0715. The number of nitrogens with zero attached hydrogens (tertiary/aromatic N) is 1. The van der Waals surface area contributed by atoms with Crippen LogP contribution in [0.2, 0.25) is 5.02 Å². The molecule has 3 aromatic rings. The molecule has 0 atom stereocenters. The molecule has 0 spiro atoms. The molecule has 0 unspecified atom stereocenters. The number of primary sulfonamides is 1. The molecule has 9 heteroatoms. The Kier molecular flexibility index (Phi) is 6.71. The number of amides is 1. The molecule has 1 amide bonds. The van der Waals surface area contributed by atoms with Crippen molar-refractivity contribution in [3.63, 3.8) is 0 Å². The molecule has 0 aliphatic heterocycles. The summed E-state index contributed by atoms with van der Waals surface area (Å²) in [6, 6.07) is 13.3. The maximum absolute atomic E-state index is 12.5. The van der Waals surface area contributed by atoms with Gasteiger partial charge < -0.3 is 10.1 Å². The van der Waals surface area contributed by atoms with Crippen molar-refractivity contribution in [2.75, 3.05) is 13.7 Å². The van der Waals surface area contributed by atoms with Crippen molar-refractivity contribution in [2.45, 2.75) is 11.3 Å². The van der Waals surface area contributed by atoms with E-state index in [0.717, 1.165) is 0 Å². The lowest BCUT2D eigenvalue weighted by Gasteiger charge is -2.12. The number of carbonyl (C=O) groups excluding carboxylic acids is 1. The zero-order valence-corrected chi connectivity index (χ0v) is 17.7. The molecule has 1 aromatic heterocycles. The van der Waals surface area contributed by atoms with Crippen LogP contribution in [0.1, 0.15) is 15.9 Å². The van der Waals surface area contributed by atoms with Gasteiger partial charge in [0.2, 0.25) is 10.0 Å². The summed E-state index contributed by atoms with van der Waals surface area (Å²) in [5, 5.41) is 8.63. The first-order valence-electron chi connectivity index (χ1n) is 8.97. The van der Waals surface area contributed by atoms with Crippen LogP contribution in [0.15, 0.2) is 65.8 Å². The number of nitrogens with two attached hydrogens (primary N) is 1. The van der Waals surface area contributed by atoms with Gasteiger partial charge in [-0.15, -0.1) is 0 Å². The molecule has 0 bridgehead atoms. The number of ether oxygens (including phenoxy) is 1. The van der Waals surface area contributed by atoms with Crippen molar-refractivity contribution < 1.29 is 17.9 Å². The molecule has 156 valence electrons. The molecule has 0 fully saturated rings. The number of hydrogen-bond donors (Lipinski definition) is 2. The molecule has 0 aliphatic carbocycles. The van der Waals surface area contributed by atoms with E-state index in [9.17, 15) is 13.2 Å². The van der Waals surface area contributed by atoms with Crippen molar-refractivity contribution in [1.82, 2.24) is 10.3 Å². The van der Waals surface area contributed by atoms with E-state index in [1.165, 1.54) is 19.2 Å². The third-order valence-electron chi connectivity index (χ3n) is 4.43. The van der Waals surface area contributed by atoms with Gasteiger partial charge in [0.15, 0.2) is 0 Å². The van der Waals surface area contributed by atoms with Crippen LogP contribution in [-0.2, 0) is 16.4 Å². The molecular weight excluding hydrogens is 426 g/mol. The van der Waals surface area contributed by atoms with Crippen LogP contribution in [0.4, 0.5) is 0 Å². The summed E-state index contributed by atoms with van der Waals surface area (Å²) in [6.45, 7) is 0.283. The van der Waals surface area contributed by atoms with E-state index in [1.54, 1.807) is 48.8 Å². The van der Waals surface area contributed by atoms with E-state index in [1.807, 2.05) is 0 Å². The van der Waals surface area contributed by atoms with Crippen molar-refractivity contribution >= 4 is 27.5 Å². The fourth-order valence-corrected chi connectivity index (χ4v) is 3.97. The highest BCUT2D eigenvalue weighted by Gasteiger charge is 2.17. The third-order valence-corrected chi connectivity index (χ3v) is 5.62. The van der Waals surface area contributed by atoms with Crippen LogP contribution >= 0.6 is 11.6 Å². The van der Waals surface area contributed by atoms with E-state index >= 15 is 0 Å². The van der Waals surface area contributed by atoms with Crippen LogP contribution in [0.3, 0.4) is 0 Å². The van der Waals surface area contributed by atoms with Crippen molar-refractivity contribution in [2.24, 2.45) is 5.14 Å². The standard InChI is InChI=1S/C21H20ClN3O4S/c1-29-19-7-5-16(22)12-18(19)21(26)25-10-8-14-4-6-17(15-3-2-9-24-13-15)20(11-14)30(23,27)28/h2-7,9,11-13H,8,10H2,1H3,(H,25,26)(H2,23,27,28). The molecule has 1 heterocycles. The van der Waals surface area contributed by atoms with Gasteiger partial charge in [0.1, 0.15) is 5.75 Å². The summed E-state index contributed by atoms with van der Waals surface area (Å²) in [6.07, 6.45) is 3.58. The smallest absolute Gasteiger partial charge is 0.255 e. The topological polar surface area (TPSA) is 111 Å². The molecule has 0 saturated carbocycles. The Morgan fingerprint density at radius 1 is 1.20 bits per heavy atom. The zero-order valence-electron chi connectivity index (χ0n) is 16.1. The summed E-state index contributed by atoms with van der Waals surface area (Å²) in [7, 11) is -2.48. The fourth-order valence-electron chi connectivity index (χ4n) is 2.99. The molecule has 30 heavy (non-hydrogen) atoms. The Morgan fingerprint density at radius 2 is 2.00 bits per heavy atom. The predicted octanol–water partition coefficient (Wildman–Crippen LogP) is 3.03. The van der Waals surface area contributed by atoms with Gasteiger partial charge in [-0.1, -0.05) is 29.8 Å². The van der Waals surface area contributed by atoms with Gasteiger partial charge in [-0.05, 0) is 42.3 Å². The first kappa shape index (κ1) is 21.8. The van der Waals surface area contributed by atoms with Gasteiger partial charge in [0.25, 0.3) is 5.91 Å². The van der Waals surface area contributed by atoms with Gasteiger partial charge in [-0.25, -0.2) is 13.6 Å². The van der Waals surface area contributed by atoms with Crippen molar-refractivity contribution in [3.8, 4) is 16.9 Å². The predicted molar refractivity (Wildman–Crippen MR) is 115 cm³/mol. The second-order valence-electron chi connectivity index (χ2n) is 6.47. The van der Waals surface area contributed by atoms with Gasteiger partial charge in [-0.2, -0.15) is 0 Å². The second kappa shape index (κ2) is 9.25. The largest absolute Gasteiger partial charge is 0.496 e. The second-order valence-corrected chi connectivity index (χ2v) is 8.43. The summed E-state index contributed by atoms with van der Waals surface area (Å²) >= 11 is 5.96. The Hall–Kier alpha value is -2.94. The van der Waals surface area contributed by atoms with E-state index in [-0.39, 0.29) is 17.3 Å². The number of sulfonamides is 1. The minimum Gasteiger partial charge on any atom is -0.496 e. The molecule has 0 saturated heterocycles. The lowest BCUT2D eigenvalue weighted by molar-refractivity contribution is 0.0951. The highest BCUT2D eigenvalue weighted by atomic mass is 35.5. The Bertz CT molecular complexity index is 1170. The molecule has 3 rings (SSSR count). The van der Waals surface area contributed by atoms with Gasteiger partial charge in [0, 0.05) is 35.1 Å². The number of rotatable bonds is 7. The number of aromatic nitrogens is 1. The van der Waals surface area contributed by atoms with E-state index < -0.39 is 10.0 Å². The normalized spacial score (nSPS) is 11.2. The summed E-state index contributed by atoms with van der Waals surface area (Å²) in [4.78, 5) is 16.5. The monoisotopic (exact) mass is 445 g/mol. The number of carbonyl (C=O) groups is 1. The van der Waals surface area contributed by atoms with Crippen LogP contribution in [0.25, 0.3) is 11.1 Å². The zero-order chi connectivity index (χ0) is 21.7. The third kappa shape index (κ3) is 5.15. The minimum atomic E-state index is -3.95. The lowest BCUT2D eigenvalue weighted by Crippen LogP contribution is -2.26. The number of nitrogens with one attached hydrogen (secondary N) is 1. The highest BCUT2D eigenvalue weighted by Crippen LogP contribution is 2.27. The maximum Gasteiger partial charge on any atom is 0.255 e. The van der Waals surface area contributed by atoms with Gasteiger partial charge in [0.05, 0.1) is 17.6 Å².